The number of aryl methyl sites for hydroxylation is 1. The molecule has 1 aromatic heterocycles. The molecule has 5 nitrogen and oxygen atoms in total. The van der Waals surface area contributed by atoms with Crippen LogP contribution in [0.4, 0.5) is 5.69 Å². The van der Waals surface area contributed by atoms with E-state index in [2.05, 4.69) is 10.4 Å². The fraction of sp³-hybridized carbons (Fsp3) is 0.158. The number of para-hydroxylation sites is 2. The Labute approximate surface area is 140 Å². The summed E-state index contributed by atoms with van der Waals surface area (Å²) < 4.78 is 1.75. The predicted molar refractivity (Wildman–Crippen MR) is 93.5 cm³/mol. The second-order valence-corrected chi connectivity index (χ2v) is 5.64. The smallest absolute Gasteiger partial charge is 0.326 e. The Morgan fingerprint density at radius 2 is 1.83 bits per heavy atom. The van der Waals surface area contributed by atoms with E-state index in [0.29, 0.717) is 6.42 Å². The van der Waals surface area contributed by atoms with Crippen LogP contribution in [0.15, 0.2) is 66.9 Å². The minimum absolute atomic E-state index is 0.309. The summed E-state index contributed by atoms with van der Waals surface area (Å²) in [6.45, 7) is 1.95. The average Bonchev–Trinajstić information content (AvgIpc) is 3.05. The molecule has 3 aromatic rings. The van der Waals surface area contributed by atoms with Crippen LogP contribution in [-0.2, 0) is 11.2 Å². The van der Waals surface area contributed by atoms with E-state index in [9.17, 15) is 9.90 Å². The monoisotopic (exact) mass is 321 g/mol. The van der Waals surface area contributed by atoms with Gasteiger partial charge in [-0.2, -0.15) is 5.10 Å². The molecular formula is C19H19N3O2. The van der Waals surface area contributed by atoms with Gasteiger partial charge in [-0.15, -0.1) is 0 Å². The zero-order valence-corrected chi connectivity index (χ0v) is 13.4. The van der Waals surface area contributed by atoms with Gasteiger partial charge in [-0.05, 0) is 36.8 Å². The van der Waals surface area contributed by atoms with Gasteiger partial charge in [0.25, 0.3) is 0 Å². The van der Waals surface area contributed by atoms with Crippen LogP contribution < -0.4 is 5.32 Å². The number of hydrogen-bond acceptors (Lipinski definition) is 3. The van der Waals surface area contributed by atoms with Gasteiger partial charge in [0.15, 0.2) is 0 Å². The lowest BCUT2D eigenvalue weighted by molar-refractivity contribution is -0.137. The summed E-state index contributed by atoms with van der Waals surface area (Å²) in [4.78, 5) is 11.6. The number of rotatable bonds is 6. The molecule has 3 rings (SSSR count). The van der Waals surface area contributed by atoms with E-state index in [1.807, 2.05) is 73.8 Å². The van der Waals surface area contributed by atoms with Crippen molar-refractivity contribution in [3.05, 3.63) is 78.1 Å². The third kappa shape index (κ3) is 3.63. The van der Waals surface area contributed by atoms with Gasteiger partial charge in [-0.25, -0.2) is 9.48 Å². The first-order valence-electron chi connectivity index (χ1n) is 7.78. The second kappa shape index (κ2) is 7.00. The van der Waals surface area contributed by atoms with Gasteiger partial charge in [-0.1, -0.05) is 36.4 Å². The van der Waals surface area contributed by atoms with E-state index in [-0.39, 0.29) is 0 Å². The van der Waals surface area contributed by atoms with Crippen LogP contribution in [0.25, 0.3) is 5.69 Å². The zero-order chi connectivity index (χ0) is 16.9. The van der Waals surface area contributed by atoms with Crippen molar-refractivity contribution in [1.29, 1.82) is 0 Å². The van der Waals surface area contributed by atoms with Crippen molar-refractivity contribution in [2.45, 2.75) is 19.4 Å². The lowest BCUT2D eigenvalue weighted by Gasteiger charge is -2.16. The highest BCUT2D eigenvalue weighted by molar-refractivity contribution is 5.78. The first-order valence-corrected chi connectivity index (χ1v) is 7.78. The Bertz CT molecular complexity index is 827. The Balaban J connectivity index is 1.76. The molecule has 24 heavy (non-hydrogen) atoms. The lowest BCUT2D eigenvalue weighted by atomic mass is 10.1. The van der Waals surface area contributed by atoms with Crippen LogP contribution in [0.1, 0.15) is 11.3 Å². The molecule has 0 aliphatic heterocycles. The van der Waals surface area contributed by atoms with Gasteiger partial charge >= 0.3 is 5.97 Å². The number of anilines is 1. The Kier molecular flexibility index (Phi) is 4.61. The highest BCUT2D eigenvalue weighted by atomic mass is 16.4. The van der Waals surface area contributed by atoms with Crippen LogP contribution in [0.5, 0.6) is 0 Å². The van der Waals surface area contributed by atoms with E-state index >= 15 is 0 Å². The molecule has 2 N–H and O–H groups in total. The molecule has 0 aliphatic rings. The van der Waals surface area contributed by atoms with Gasteiger partial charge in [0.05, 0.1) is 11.4 Å². The number of benzene rings is 2. The van der Waals surface area contributed by atoms with Gasteiger partial charge in [0.2, 0.25) is 0 Å². The largest absolute Gasteiger partial charge is 0.480 e. The molecule has 0 aliphatic carbocycles. The SMILES string of the molecule is Cc1ccccc1NC(Cc1ccn(-c2ccccc2)n1)C(=O)O. The van der Waals surface area contributed by atoms with Crippen molar-refractivity contribution < 1.29 is 9.90 Å². The molecule has 5 heteroatoms. The number of carbonyl (C=O) groups is 1. The highest BCUT2D eigenvalue weighted by Crippen LogP contribution is 2.16. The Morgan fingerprint density at radius 1 is 1.12 bits per heavy atom. The topological polar surface area (TPSA) is 67.2 Å². The molecule has 1 atom stereocenters. The molecule has 1 unspecified atom stereocenters. The summed E-state index contributed by atoms with van der Waals surface area (Å²) in [5, 5.41) is 17.1. The minimum Gasteiger partial charge on any atom is -0.480 e. The number of nitrogens with one attached hydrogen (secondary N) is 1. The first-order chi connectivity index (χ1) is 11.6. The summed E-state index contributed by atoms with van der Waals surface area (Å²) in [5.41, 5.74) is 3.51. The molecule has 0 amide bonds. The Hall–Kier alpha value is -3.08. The van der Waals surface area contributed by atoms with Crippen LogP contribution in [0.3, 0.4) is 0 Å². The van der Waals surface area contributed by atoms with Crippen LogP contribution in [0, 0.1) is 6.92 Å². The van der Waals surface area contributed by atoms with E-state index in [1.54, 1.807) is 4.68 Å². The van der Waals surface area contributed by atoms with Gasteiger partial charge < -0.3 is 10.4 Å². The van der Waals surface area contributed by atoms with Crippen molar-refractivity contribution >= 4 is 11.7 Å². The fourth-order valence-electron chi connectivity index (χ4n) is 2.53. The number of aliphatic carboxylic acids is 1. The normalized spacial score (nSPS) is 11.9. The molecule has 0 saturated carbocycles. The third-order valence-corrected chi connectivity index (χ3v) is 3.85. The van der Waals surface area contributed by atoms with Crippen LogP contribution in [-0.4, -0.2) is 26.9 Å². The van der Waals surface area contributed by atoms with Crippen molar-refractivity contribution in [2.24, 2.45) is 0 Å². The van der Waals surface area contributed by atoms with E-state index < -0.39 is 12.0 Å². The standard InChI is InChI=1S/C19H19N3O2/c1-14-7-5-6-10-17(14)20-18(19(23)24)13-15-11-12-22(21-15)16-8-3-2-4-9-16/h2-12,18,20H,13H2,1H3,(H,23,24). The quantitative estimate of drug-likeness (QED) is 0.731. The lowest BCUT2D eigenvalue weighted by Crippen LogP contribution is -2.32. The van der Waals surface area contributed by atoms with E-state index in [1.165, 1.54) is 0 Å². The number of aromatic nitrogens is 2. The highest BCUT2D eigenvalue weighted by Gasteiger charge is 2.20. The maximum absolute atomic E-state index is 11.6. The number of carboxylic acids is 1. The maximum Gasteiger partial charge on any atom is 0.326 e. The maximum atomic E-state index is 11.6. The number of carboxylic acid groups (broad SMARTS) is 1. The molecule has 2 aromatic carbocycles. The molecule has 122 valence electrons. The molecule has 0 fully saturated rings. The summed E-state index contributed by atoms with van der Waals surface area (Å²) in [6.07, 6.45) is 2.15. The average molecular weight is 321 g/mol. The van der Waals surface area contributed by atoms with Crippen LogP contribution >= 0.6 is 0 Å². The zero-order valence-electron chi connectivity index (χ0n) is 13.4. The first kappa shape index (κ1) is 15.8. The number of nitrogens with zero attached hydrogens (tertiary/aromatic N) is 2. The van der Waals surface area contributed by atoms with Crippen molar-refractivity contribution in [3.8, 4) is 5.69 Å². The Morgan fingerprint density at radius 3 is 2.54 bits per heavy atom. The minimum atomic E-state index is -0.896. The number of hydrogen-bond donors (Lipinski definition) is 2. The van der Waals surface area contributed by atoms with Gasteiger partial charge in [0.1, 0.15) is 6.04 Å². The molecule has 1 heterocycles. The van der Waals surface area contributed by atoms with E-state index in [4.69, 9.17) is 0 Å². The summed E-state index contributed by atoms with van der Waals surface area (Å²) >= 11 is 0. The fourth-order valence-corrected chi connectivity index (χ4v) is 2.53. The van der Waals surface area contributed by atoms with Crippen LogP contribution in [0.2, 0.25) is 0 Å². The summed E-state index contributed by atoms with van der Waals surface area (Å²) in [5.74, 6) is -0.896. The molecular weight excluding hydrogens is 302 g/mol. The second-order valence-electron chi connectivity index (χ2n) is 5.64. The summed E-state index contributed by atoms with van der Waals surface area (Å²) in [7, 11) is 0. The van der Waals surface area contributed by atoms with E-state index in [0.717, 1.165) is 22.6 Å². The van der Waals surface area contributed by atoms with Crippen molar-refractivity contribution in [1.82, 2.24) is 9.78 Å². The van der Waals surface area contributed by atoms with Gasteiger partial charge in [0, 0.05) is 18.3 Å². The summed E-state index contributed by atoms with van der Waals surface area (Å²) in [6, 6.07) is 18.5. The molecule has 0 saturated heterocycles. The van der Waals surface area contributed by atoms with Crippen molar-refractivity contribution in [2.75, 3.05) is 5.32 Å². The predicted octanol–water partition coefficient (Wildman–Crippen LogP) is 3.29. The van der Waals surface area contributed by atoms with Crippen molar-refractivity contribution in [3.63, 3.8) is 0 Å². The third-order valence-electron chi connectivity index (χ3n) is 3.85. The van der Waals surface area contributed by atoms with Gasteiger partial charge in [-0.3, -0.25) is 0 Å². The molecule has 0 radical (unpaired) electrons. The molecule has 0 spiro atoms. The molecule has 0 bridgehead atoms.